The lowest BCUT2D eigenvalue weighted by atomic mass is 9.38. The van der Waals surface area contributed by atoms with Crippen molar-refractivity contribution in [2.75, 3.05) is 26.4 Å². The maximum absolute atomic E-state index is 12.7. The van der Waals surface area contributed by atoms with E-state index in [2.05, 4.69) is 47.6 Å². The molecule has 4 saturated heterocycles. The molecule has 3 unspecified atom stereocenters. The molecule has 30 atom stereocenters. The van der Waals surface area contributed by atoms with E-state index in [0.29, 0.717) is 32.1 Å². The molecule has 7 fully saturated rings. The van der Waals surface area contributed by atoms with Crippen molar-refractivity contribution in [3.63, 3.8) is 0 Å². The molecule has 0 radical (unpaired) electrons. The van der Waals surface area contributed by atoms with Gasteiger partial charge in [-0.1, -0.05) is 53.2 Å². The highest BCUT2D eigenvalue weighted by Crippen LogP contribution is 2.75. The molecular formula is C54H92O24. The maximum Gasteiger partial charge on any atom is 0.187 e. The quantitative estimate of drug-likeness (QED) is 0.0637. The van der Waals surface area contributed by atoms with Gasteiger partial charge in [0.15, 0.2) is 25.2 Å². The van der Waals surface area contributed by atoms with E-state index in [1.165, 1.54) is 0 Å². The summed E-state index contributed by atoms with van der Waals surface area (Å²) < 4.78 is 47.5. The normalized spacial score (nSPS) is 51.4. The van der Waals surface area contributed by atoms with E-state index in [1.54, 1.807) is 13.8 Å². The number of ether oxygens (including phenoxy) is 8. The molecule has 0 amide bonds. The number of aliphatic hydroxyl groups excluding tert-OH is 15. The summed E-state index contributed by atoms with van der Waals surface area (Å²) in [5.74, 6) is 0.236. The van der Waals surface area contributed by atoms with Gasteiger partial charge in [0.2, 0.25) is 0 Å². The molecule has 0 aromatic rings. The number of hydrogen-bond acceptors (Lipinski definition) is 24. The molecule has 452 valence electrons. The lowest BCUT2D eigenvalue weighted by Gasteiger charge is -2.67. The van der Waals surface area contributed by atoms with E-state index in [4.69, 9.17) is 37.9 Å². The van der Waals surface area contributed by atoms with Gasteiger partial charge in [-0.15, -0.1) is 0 Å². The standard InChI is InChI=1S/C54H92O24/c1-22(9-13-33(51(4,5)70)77-49-45(41(66)36(61)28(20-57)74-49)78-48-44(69)39(64)35(60)27(19-56)73-48)23-15-16-52(6)30-12-10-24-25(54(30,8)31(58)17-53(23,52)7)11-14-32(50(24,2)3)76-47-43(68)40(65)37(62)29(75-47)21-71-46-42(67)38(63)34(59)26(18-55)72-46/h10,22-23,25-49,55-70H,9,11-21H2,1-8H3/t22-,23?,25?,26-,27+,28-,29-,30?,31-,32+,33-,34-,35+,36-,37-,38+,39-,40+,41+,42-,43-,44+,45-,46+,47+,48-,49+,52+,53-,54+/m1/s1. The molecule has 8 rings (SSSR count). The minimum atomic E-state index is -1.85. The highest BCUT2D eigenvalue weighted by Gasteiger charge is 2.70. The van der Waals surface area contributed by atoms with E-state index in [-0.39, 0.29) is 40.9 Å². The van der Waals surface area contributed by atoms with E-state index in [0.717, 1.165) is 18.4 Å². The molecule has 16 N–H and O–H groups in total. The second-order valence-corrected chi connectivity index (χ2v) is 25.9. The highest BCUT2D eigenvalue weighted by atomic mass is 16.8. The van der Waals surface area contributed by atoms with Crippen LogP contribution in [0.2, 0.25) is 0 Å². The number of aliphatic hydroxyl groups is 16. The van der Waals surface area contributed by atoms with Crippen molar-refractivity contribution in [2.24, 2.45) is 45.3 Å². The van der Waals surface area contributed by atoms with Crippen molar-refractivity contribution < 1.29 is 120 Å². The van der Waals surface area contributed by atoms with Gasteiger partial charge in [0, 0.05) is 10.8 Å². The Kier molecular flexibility index (Phi) is 19.1. The van der Waals surface area contributed by atoms with Gasteiger partial charge in [-0.2, -0.15) is 0 Å². The van der Waals surface area contributed by atoms with E-state index in [1.807, 2.05) is 0 Å². The van der Waals surface area contributed by atoms with Crippen LogP contribution in [0.25, 0.3) is 0 Å². The molecule has 4 aliphatic heterocycles. The Morgan fingerprint density at radius 2 is 1.09 bits per heavy atom. The van der Waals surface area contributed by atoms with Gasteiger partial charge in [-0.05, 0) is 99.7 Å². The number of fused-ring (bicyclic) bond motifs is 5. The van der Waals surface area contributed by atoms with Gasteiger partial charge in [-0.25, -0.2) is 0 Å². The summed E-state index contributed by atoms with van der Waals surface area (Å²) in [6.07, 6.45) is -26.9. The third-order valence-corrected chi connectivity index (χ3v) is 20.8. The van der Waals surface area contributed by atoms with E-state index < -0.39 is 184 Å². The first-order valence-corrected chi connectivity index (χ1v) is 28.0. The first-order chi connectivity index (χ1) is 36.4. The molecule has 8 aliphatic rings. The Morgan fingerprint density at radius 3 is 1.65 bits per heavy atom. The summed E-state index contributed by atoms with van der Waals surface area (Å²) in [6.45, 7) is 13.6. The predicted octanol–water partition coefficient (Wildman–Crippen LogP) is -3.23. The summed E-state index contributed by atoms with van der Waals surface area (Å²) in [5.41, 5.74) is -2.12. The SMILES string of the molecule is C[C@H](CC[C@@H](O[C@@H]1O[C@H](CO)[C@@H](O)[C@H](O)[C@H]1O[C@H]1O[C@@H](CO)[C@H](O)[C@@H](O)[C@@H]1O)C(C)(C)O)C1CC[C@@]2(C)C3CC=C4C(CC[C@H](O[C@@H]5O[C@H](CO[C@H]6O[C@H](CO)[C@@H](O)[C@H](O)[C@H]6O)[C@@H](O)[C@H](O)[C@H]5O)C4(C)C)[C@]3(C)[C@H](O)C[C@]12C. The van der Waals surface area contributed by atoms with Crippen molar-refractivity contribution >= 4 is 0 Å². The Bertz CT molecular complexity index is 2030. The molecule has 0 bridgehead atoms. The fourth-order valence-corrected chi connectivity index (χ4v) is 15.6. The van der Waals surface area contributed by atoms with Crippen molar-refractivity contribution in [3.05, 3.63) is 11.6 Å². The molecule has 0 aromatic heterocycles. The average molecular weight is 1130 g/mol. The third kappa shape index (κ3) is 11.0. The molecular weight excluding hydrogens is 1030 g/mol. The van der Waals surface area contributed by atoms with Crippen LogP contribution in [-0.4, -0.2) is 255 Å². The Labute approximate surface area is 455 Å². The zero-order valence-electron chi connectivity index (χ0n) is 46.1. The summed E-state index contributed by atoms with van der Waals surface area (Å²) in [5, 5.41) is 172. The van der Waals surface area contributed by atoms with Crippen LogP contribution in [0.3, 0.4) is 0 Å². The minimum Gasteiger partial charge on any atom is -0.394 e. The maximum atomic E-state index is 12.7. The average Bonchev–Trinajstić information content (AvgIpc) is 2.93. The van der Waals surface area contributed by atoms with Crippen LogP contribution in [0.5, 0.6) is 0 Å². The van der Waals surface area contributed by atoms with Gasteiger partial charge in [0.25, 0.3) is 0 Å². The van der Waals surface area contributed by atoms with Crippen LogP contribution in [0.1, 0.15) is 107 Å². The van der Waals surface area contributed by atoms with Gasteiger partial charge < -0.3 is 120 Å². The highest BCUT2D eigenvalue weighted by molar-refractivity contribution is 5.32. The van der Waals surface area contributed by atoms with Crippen LogP contribution < -0.4 is 0 Å². The fourth-order valence-electron chi connectivity index (χ4n) is 15.6. The van der Waals surface area contributed by atoms with Gasteiger partial charge in [0.1, 0.15) is 97.7 Å². The smallest absolute Gasteiger partial charge is 0.187 e. The fraction of sp³-hybridized carbons (Fsp3) is 0.963. The van der Waals surface area contributed by atoms with Gasteiger partial charge >= 0.3 is 0 Å². The summed E-state index contributed by atoms with van der Waals surface area (Å²) in [6, 6.07) is 0. The van der Waals surface area contributed by atoms with Gasteiger partial charge in [0.05, 0.1) is 50.3 Å². The topological polar surface area (TPSA) is 398 Å². The predicted molar refractivity (Wildman–Crippen MR) is 268 cm³/mol. The molecule has 24 nitrogen and oxygen atoms in total. The van der Waals surface area contributed by atoms with E-state index in [9.17, 15) is 81.7 Å². The molecule has 24 heteroatoms. The zero-order valence-corrected chi connectivity index (χ0v) is 46.1. The van der Waals surface area contributed by atoms with Crippen LogP contribution >= 0.6 is 0 Å². The van der Waals surface area contributed by atoms with Crippen LogP contribution in [0.15, 0.2) is 11.6 Å². The van der Waals surface area contributed by atoms with Crippen LogP contribution in [-0.2, 0) is 37.9 Å². The van der Waals surface area contributed by atoms with E-state index >= 15 is 0 Å². The van der Waals surface area contributed by atoms with Crippen LogP contribution in [0.4, 0.5) is 0 Å². The van der Waals surface area contributed by atoms with Crippen molar-refractivity contribution in [1.29, 1.82) is 0 Å². The van der Waals surface area contributed by atoms with Gasteiger partial charge in [-0.3, -0.25) is 0 Å². The Morgan fingerprint density at radius 1 is 0.590 bits per heavy atom. The number of allylic oxidation sites excluding steroid dienone is 1. The Balaban J connectivity index is 0.940. The largest absolute Gasteiger partial charge is 0.394 e. The summed E-state index contributed by atoms with van der Waals surface area (Å²) >= 11 is 0. The van der Waals surface area contributed by atoms with Crippen LogP contribution in [0, 0.1) is 45.3 Å². The summed E-state index contributed by atoms with van der Waals surface area (Å²) in [4.78, 5) is 0. The molecule has 4 aliphatic carbocycles. The van der Waals surface area contributed by atoms with Crippen molar-refractivity contribution in [3.8, 4) is 0 Å². The zero-order chi connectivity index (χ0) is 57.5. The van der Waals surface area contributed by atoms with Crippen molar-refractivity contribution in [2.45, 2.75) is 253 Å². The molecule has 78 heavy (non-hydrogen) atoms. The first kappa shape index (κ1) is 62.8. The minimum absolute atomic E-state index is 0.0338. The second kappa shape index (κ2) is 23.7. The monoisotopic (exact) mass is 1120 g/mol. The second-order valence-electron chi connectivity index (χ2n) is 25.9. The first-order valence-electron chi connectivity index (χ1n) is 28.0. The third-order valence-electron chi connectivity index (χ3n) is 20.8. The number of rotatable bonds is 17. The molecule has 4 heterocycles. The lowest BCUT2D eigenvalue weighted by molar-refractivity contribution is -0.375. The molecule has 0 aromatic carbocycles. The molecule has 0 spiro atoms. The Hall–Kier alpha value is -1.22. The molecule has 3 saturated carbocycles. The van der Waals surface area contributed by atoms with Crippen molar-refractivity contribution in [1.82, 2.24) is 0 Å². The lowest BCUT2D eigenvalue weighted by Crippen LogP contribution is -2.65. The number of hydrogen-bond donors (Lipinski definition) is 16. The summed E-state index contributed by atoms with van der Waals surface area (Å²) in [7, 11) is 0.